The standard InChI is InChI=1S/C18H20N2O/c21-18(17-11-6-12-19-17)20-16-10-5-4-9-15(16)13-14-7-2-1-3-8-14/h1-5,7-10,17,19H,6,11-13H2,(H,20,21)/t17-/m0/s1. The molecule has 1 aliphatic rings. The Morgan fingerprint density at radius 2 is 1.86 bits per heavy atom. The molecule has 21 heavy (non-hydrogen) atoms. The summed E-state index contributed by atoms with van der Waals surface area (Å²) in [4.78, 5) is 12.2. The number of anilines is 1. The first-order valence-electron chi connectivity index (χ1n) is 7.49. The van der Waals surface area contributed by atoms with Crippen molar-refractivity contribution in [1.82, 2.24) is 5.32 Å². The molecule has 108 valence electrons. The Morgan fingerprint density at radius 1 is 1.10 bits per heavy atom. The molecule has 0 unspecified atom stereocenters. The number of hydrogen-bond donors (Lipinski definition) is 2. The van der Waals surface area contributed by atoms with E-state index < -0.39 is 0 Å². The van der Waals surface area contributed by atoms with E-state index in [0.29, 0.717) is 0 Å². The van der Waals surface area contributed by atoms with E-state index in [9.17, 15) is 4.79 Å². The lowest BCUT2D eigenvalue weighted by Crippen LogP contribution is -2.35. The van der Waals surface area contributed by atoms with Crippen molar-refractivity contribution < 1.29 is 4.79 Å². The summed E-state index contributed by atoms with van der Waals surface area (Å²) in [7, 11) is 0. The first kappa shape index (κ1) is 13.8. The summed E-state index contributed by atoms with van der Waals surface area (Å²) in [6, 6.07) is 18.3. The number of amides is 1. The van der Waals surface area contributed by atoms with Gasteiger partial charge in [0.15, 0.2) is 0 Å². The molecule has 1 fully saturated rings. The number of rotatable bonds is 4. The molecule has 0 aliphatic carbocycles. The first-order valence-corrected chi connectivity index (χ1v) is 7.49. The first-order chi connectivity index (χ1) is 10.3. The Hall–Kier alpha value is -2.13. The molecule has 3 heteroatoms. The van der Waals surface area contributed by atoms with Gasteiger partial charge in [0.05, 0.1) is 6.04 Å². The molecule has 1 heterocycles. The van der Waals surface area contributed by atoms with Crippen LogP contribution in [0.4, 0.5) is 5.69 Å². The molecule has 0 saturated carbocycles. The molecule has 3 nitrogen and oxygen atoms in total. The normalized spacial score (nSPS) is 17.6. The molecular weight excluding hydrogens is 260 g/mol. The van der Waals surface area contributed by atoms with Crippen molar-refractivity contribution in [3.63, 3.8) is 0 Å². The van der Waals surface area contributed by atoms with Crippen LogP contribution >= 0.6 is 0 Å². The fraction of sp³-hybridized carbons (Fsp3) is 0.278. The van der Waals surface area contributed by atoms with E-state index in [1.165, 1.54) is 5.56 Å². The second-order valence-corrected chi connectivity index (χ2v) is 5.46. The summed E-state index contributed by atoms with van der Waals surface area (Å²) >= 11 is 0. The highest BCUT2D eigenvalue weighted by molar-refractivity contribution is 5.95. The highest BCUT2D eigenvalue weighted by Gasteiger charge is 2.22. The third kappa shape index (κ3) is 3.50. The highest BCUT2D eigenvalue weighted by atomic mass is 16.2. The third-order valence-electron chi connectivity index (χ3n) is 3.89. The number of carbonyl (C=O) groups excluding carboxylic acids is 1. The second kappa shape index (κ2) is 6.55. The van der Waals surface area contributed by atoms with Crippen molar-refractivity contribution in [3.05, 3.63) is 65.7 Å². The van der Waals surface area contributed by atoms with Crippen LogP contribution in [0.15, 0.2) is 54.6 Å². The van der Waals surface area contributed by atoms with Crippen LogP contribution in [0, 0.1) is 0 Å². The topological polar surface area (TPSA) is 41.1 Å². The zero-order valence-corrected chi connectivity index (χ0v) is 12.0. The maximum absolute atomic E-state index is 12.2. The highest BCUT2D eigenvalue weighted by Crippen LogP contribution is 2.20. The molecular formula is C18H20N2O. The van der Waals surface area contributed by atoms with Gasteiger partial charge in [0.1, 0.15) is 0 Å². The average Bonchev–Trinajstić information content (AvgIpc) is 3.05. The van der Waals surface area contributed by atoms with Crippen LogP contribution in [0.2, 0.25) is 0 Å². The van der Waals surface area contributed by atoms with Gasteiger partial charge in [-0.1, -0.05) is 48.5 Å². The predicted octanol–water partition coefficient (Wildman–Crippen LogP) is 2.97. The summed E-state index contributed by atoms with van der Waals surface area (Å²) in [5.74, 6) is 0.0769. The van der Waals surface area contributed by atoms with Gasteiger partial charge < -0.3 is 10.6 Å². The lowest BCUT2D eigenvalue weighted by atomic mass is 10.0. The van der Waals surface area contributed by atoms with E-state index >= 15 is 0 Å². The van der Waals surface area contributed by atoms with Crippen LogP contribution in [0.3, 0.4) is 0 Å². The molecule has 0 aromatic heterocycles. The summed E-state index contributed by atoms with van der Waals surface area (Å²) in [6.07, 6.45) is 2.83. The fourth-order valence-corrected chi connectivity index (χ4v) is 2.74. The van der Waals surface area contributed by atoms with Crippen LogP contribution in [-0.2, 0) is 11.2 Å². The van der Waals surface area contributed by atoms with Crippen molar-refractivity contribution in [2.45, 2.75) is 25.3 Å². The van der Waals surface area contributed by atoms with Gasteiger partial charge in [-0.2, -0.15) is 0 Å². The summed E-state index contributed by atoms with van der Waals surface area (Å²) in [6.45, 7) is 0.934. The van der Waals surface area contributed by atoms with E-state index in [1.807, 2.05) is 36.4 Å². The summed E-state index contributed by atoms with van der Waals surface area (Å²) < 4.78 is 0. The zero-order valence-electron chi connectivity index (χ0n) is 12.0. The van der Waals surface area contributed by atoms with Crippen molar-refractivity contribution in [1.29, 1.82) is 0 Å². The Balaban J connectivity index is 1.74. The van der Waals surface area contributed by atoms with Gasteiger partial charge in [0.2, 0.25) is 5.91 Å². The van der Waals surface area contributed by atoms with E-state index in [-0.39, 0.29) is 11.9 Å². The Bertz CT molecular complexity index is 604. The average molecular weight is 280 g/mol. The van der Waals surface area contributed by atoms with Gasteiger partial charge in [-0.3, -0.25) is 4.79 Å². The summed E-state index contributed by atoms with van der Waals surface area (Å²) in [5.41, 5.74) is 3.31. The largest absolute Gasteiger partial charge is 0.324 e. The van der Waals surface area contributed by atoms with Crippen LogP contribution in [-0.4, -0.2) is 18.5 Å². The molecule has 2 N–H and O–H groups in total. The molecule has 1 saturated heterocycles. The van der Waals surface area contributed by atoms with Crippen molar-refractivity contribution in [2.75, 3.05) is 11.9 Å². The lowest BCUT2D eigenvalue weighted by Gasteiger charge is -2.14. The number of benzene rings is 2. The van der Waals surface area contributed by atoms with Crippen molar-refractivity contribution in [2.24, 2.45) is 0 Å². The molecule has 0 radical (unpaired) electrons. The van der Waals surface area contributed by atoms with Crippen molar-refractivity contribution in [3.8, 4) is 0 Å². The minimum Gasteiger partial charge on any atom is -0.324 e. The quantitative estimate of drug-likeness (QED) is 0.904. The van der Waals surface area contributed by atoms with Crippen LogP contribution in [0.5, 0.6) is 0 Å². The van der Waals surface area contributed by atoms with E-state index in [2.05, 4.69) is 28.8 Å². The third-order valence-corrected chi connectivity index (χ3v) is 3.89. The Labute approximate surface area is 125 Å². The minimum atomic E-state index is -0.0465. The number of carbonyl (C=O) groups is 1. The van der Waals surface area contributed by atoms with Gasteiger partial charge in [0, 0.05) is 5.69 Å². The van der Waals surface area contributed by atoms with Gasteiger partial charge in [-0.25, -0.2) is 0 Å². The van der Waals surface area contributed by atoms with Crippen LogP contribution in [0.1, 0.15) is 24.0 Å². The van der Waals surface area contributed by atoms with Gasteiger partial charge in [-0.05, 0) is 43.0 Å². The van der Waals surface area contributed by atoms with Crippen LogP contribution < -0.4 is 10.6 Å². The molecule has 0 bridgehead atoms. The molecule has 3 rings (SSSR count). The van der Waals surface area contributed by atoms with Crippen molar-refractivity contribution >= 4 is 11.6 Å². The smallest absolute Gasteiger partial charge is 0.241 e. The molecule has 2 aromatic rings. The maximum Gasteiger partial charge on any atom is 0.241 e. The molecule has 1 aliphatic heterocycles. The SMILES string of the molecule is O=C(Nc1ccccc1Cc1ccccc1)[C@@H]1CCCN1. The Kier molecular flexibility index (Phi) is 4.31. The molecule has 1 atom stereocenters. The van der Waals surface area contributed by atoms with E-state index in [1.54, 1.807) is 0 Å². The fourth-order valence-electron chi connectivity index (χ4n) is 2.74. The molecule has 2 aromatic carbocycles. The number of nitrogens with one attached hydrogen (secondary N) is 2. The Morgan fingerprint density at radius 3 is 2.62 bits per heavy atom. The van der Waals surface area contributed by atoms with E-state index in [0.717, 1.165) is 37.1 Å². The molecule has 1 amide bonds. The second-order valence-electron chi connectivity index (χ2n) is 5.46. The van der Waals surface area contributed by atoms with Gasteiger partial charge >= 0.3 is 0 Å². The maximum atomic E-state index is 12.2. The monoisotopic (exact) mass is 280 g/mol. The van der Waals surface area contributed by atoms with E-state index in [4.69, 9.17) is 0 Å². The minimum absolute atomic E-state index is 0.0465. The van der Waals surface area contributed by atoms with Gasteiger partial charge in [-0.15, -0.1) is 0 Å². The number of para-hydroxylation sites is 1. The predicted molar refractivity (Wildman–Crippen MR) is 85.3 cm³/mol. The number of hydrogen-bond acceptors (Lipinski definition) is 2. The summed E-state index contributed by atoms with van der Waals surface area (Å²) in [5, 5.41) is 6.31. The zero-order chi connectivity index (χ0) is 14.5. The van der Waals surface area contributed by atoms with Crippen LogP contribution in [0.25, 0.3) is 0 Å². The van der Waals surface area contributed by atoms with Gasteiger partial charge in [0.25, 0.3) is 0 Å². The molecule has 0 spiro atoms. The lowest BCUT2D eigenvalue weighted by molar-refractivity contribution is -0.117.